The molecular formula is C14H17N3O3S. The molecule has 21 heavy (non-hydrogen) atoms. The molecule has 112 valence electrons. The molecule has 1 aromatic carbocycles. The normalized spacial score (nSPS) is 14.4. The number of nitrogens with one attached hydrogen (secondary N) is 3. The van der Waals surface area contributed by atoms with E-state index in [1.54, 1.807) is 12.1 Å². The van der Waals surface area contributed by atoms with Gasteiger partial charge in [0, 0.05) is 11.7 Å². The minimum atomic E-state index is -3.52. The zero-order valence-electron chi connectivity index (χ0n) is 11.4. The minimum Gasteiger partial charge on any atom is -0.325 e. The van der Waals surface area contributed by atoms with E-state index in [1.165, 1.54) is 12.1 Å². The Morgan fingerprint density at radius 1 is 1.38 bits per heavy atom. The van der Waals surface area contributed by atoms with E-state index in [0.717, 1.165) is 12.8 Å². The van der Waals surface area contributed by atoms with E-state index in [9.17, 15) is 13.2 Å². The second-order valence-electron chi connectivity index (χ2n) is 4.78. The molecule has 1 amide bonds. The Morgan fingerprint density at radius 3 is 2.81 bits per heavy atom. The number of amides is 1. The number of rotatable bonds is 7. The molecule has 0 bridgehead atoms. The Balaban J connectivity index is 2.00. The van der Waals surface area contributed by atoms with Gasteiger partial charge in [-0.25, -0.2) is 13.1 Å². The minimum absolute atomic E-state index is 0.0428. The predicted molar refractivity (Wildman–Crippen MR) is 80.1 cm³/mol. The number of sulfonamides is 1. The lowest BCUT2D eigenvalue weighted by Gasteiger charge is -2.09. The Bertz CT molecular complexity index is 660. The molecule has 3 N–H and O–H groups in total. The van der Waals surface area contributed by atoms with Gasteiger partial charge in [0.25, 0.3) is 0 Å². The van der Waals surface area contributed by atoms with E-state index in [4.69, 9.17) is 6.42 Å². The molecule has 7 heteroatoms. The van der Waals surface area contributed by atoms with E-state index < -0.39 is 10.0 Å². The molecule has 1 aromatic rings. The Hall–Kier alpha value is -1.88. The standard InChI is InChI=1S/C14H17N3O3S/c1-2-8-15-10-14(18)16-12-4-3-5-13(9-12)21(19,20)17-11-6-7-11/h1,3-5,9,11,15,17H,6-8,10H2,(H,16,18). The highest BCUT2D eigenvalue weighted by Gasteiger charge is 2.28. The molecule has 0 radical (unpaired) electrons. The second-order valence-corrected chi connectivity index (χ2v) is 6.49. The summed E-state index contributed by atoms with van der Waals surface area (Å²) in [5.41, 5.74) is 0.432. The number of anilines is 1. The van der Waals surface area contributed by atoms with Crippen LogP contribution in [-0.2, 0) is 14.8 Å². The van der Waals surface area contributed by atoms with Gasteiger partial charge in [-0.05, 0) is 31.0 Å². The summed E-state index contributed by atoms with van der Waals surface area (Å²) in [5.74, 6) is 2.08. The fourth-order valence-electron chi connectivity index (χ4n) is 1.68. The van der Waals surface area contributed by atoms with Crippen LogP contribution in [0.2, 0.25) is 0 Å². The molecule has 0 unspecified atom stereocenters. The van der Waals surface area contributed by atoms with Gasteiger partial charge in [0.15, 0.2) is 0 Å². The van der Waals surface area contributed by atoms with Crippen LogP contribution in [0.1, 0.15) is 12.8 Å². The van der Waals surface area contributed by atoms with Crippen molar-refractivity contribution in [3.05, 3.63) is 24.3 Å². The van der Waals surface area contributed by atoms with Gasteiger partial charge in [-0.1, -0.05) is 12.0 Å². The molecule has 6 nitrogen and oxygen atoms in total. The highest BCUT2D eigenvalue weighted by Crippen LogP contribution is 2.23. The third kappa shape index (κ3) is 4.86. The topological polar surface area (TPSA) is 87.3 Å². The largest absolute Gasteiger partial charge is 0.325 e. The van der Waals surface area contributed by atoms with E-state index in [1.807, 2.05) is 0 Å². The lowest BCUT2D eigenvalue weighted by molar-refractivity contribution is -0.115. The summed E-state index contributed by atoms with van der Waals surface area (Å²) in [7, 11) is -3.52. The van der Waals surface area contributed by atoms with Gasteiger partial charge in [-0.2, -0.15) is 0 Å². The summed E-state index contributed by atoms with van der Waals surface area (Å²) in [6, 6.07) is 6.20. The molecule has 1 aliphatic rings. The fourth-order valence-corrected chi connectivity index (χ4v) is 3.03. The van der Waals surface area contributed by atoms with Crippen molar-refractivity contribution in [2.75, 3.05) is 18.4 Å². The van der Waals surface area contributed by atoms with Crippen LogP contribution in [0.15, 0.2) is 29.2 Å². The zero-order valence-corrected chi connectivity index (χ0v) is 12.2. The van der Waals surface area contributed by atoms with Crippen LogP contribution >= 0.6 is 0 Å². The number of carbonyl (C=O) groups is 1. The molecule has 1 fully saturated rings. The smallest absolute Gasteiger partial charge is 0.240 e. The number of carbonyl (C=O) groups excluding carboxylic acids is 1. The van der Waals surface area contributed by atoms with E-state index >= 15 is 0 Å². The van der Waals surface area contributed by atoms with Gasteiger partial charge in [-0.3, -0.25) is 10.1 Å². The van der Waals surface area contributed by atoms with Gasteiger partial charge in [0.1, 0.15) is 0 Å². The summed E-state index contributed by atoms with van der Waals surface area (Å²) in [6.07, 6.45) is 6.81. The number of hydrogen-bond donors (Lipinski definition) is 3. The Labute approximate surface area is 124 Å². The molecular weight excluding hydrogens is 290 g/mol. The SMILES string of the molecule is C#CCNCC(=O)Nc1cccc(S(=O)(=O)NC2CC2)c1. The van der Waals surface area contributed by atoms with Crippen LogP contribution in [0.5, 0.6) is 0 Å². The summed E-state index contributed by atoms with van der Waals surface area (Å²) in [4.78, 5) is 11.8. The van der Waals surface area contributed by atoms with Crippen molar-refractivity contribution in [1.82, 2.24) is 10.0 Å². The van der Waals surface area contributed by atoms with Crippen molar-refractivity contribution in [2.45, 2.75) is 23.8 Å². The van der Waals surface area contributed by atoms with Crippen molar-refractivity contribution in [3.63, 3.8) is 0 Å². The average Bonchev–Trinajstić information content (AvgIpc) is 3.22. The molecule has 0 heterocycles. The van der Waals surface area contributed by atoms with E-state index in [2.05, 4.69) is 21.3 Å². The molecule has 0 spiro atoms. The maximum absolute atomic E-state index is 12.1. The monoisotopic (exact) mass is 307 g/mol. The summed E-state index contributed by atoms with van der Waals surface area (Å²) < 4.78 is 26.7. The van der Waals surface area contributed by atoms with Crippen molar-refractivity contribution in [2.24, 2.45) is 0 Å². The average molecular weight is 307 g/mol. The first-order valence-corrected chi connectivity index (χ1v) is 8.06. The third-order valence-electron chi connectivity index (χ3n) is 2.84. The summed E-state index contributed by atoms with van der Waals surface area (Å²) in [5, 5.41) is 5.38. The van der Waals surface area contributed by atoms with Crippen molar-refractivity contribution >= 4 is 21.6 Å². The van der Waals surface area contributed by atoms with Crippen LogP contribution in [0.4, 0.5) is 5.69 Å². The second kappa shape index (κ2) is 6.72. The molecule has 0 aromatic heterocycles. The van der Waals surface area contributed by atoms with Gasteiger partial charge >= 0.3 is 0 Å². The van der Waals surface area contributed by atoms with E-state index in [-0.39, 0.29) is 23.4 Å². The van der Waals surface area contributed by atoms with Crippen molar-refractivity contribution < 1.29 is 13.2 Å². The number of terminal acetylenes is 1. The zero-order chi connectivity index (χ0) is 15.3. The lowest BCUT2D eigenvalue weighted by Crippen LogP contribution is -2.28. The van der Waals surface area contributed by atoms with Gasteiger partial charge in [0.05, 0.1) is 18.0 Å². The van der Waals surface area contributed by atoms with Crippen molar-refractivity contribution in [3.8, 4) is 12.3 Å². The van der Waals surface area contributed by atoms with Gasteiger partial charge in [-0.15, -0.1) is 6.42 Å². The van der Waals surface area contributed by atoms with E-state index in [0.29, 0.717) is 12.2 Å². The van der Waals surface area contributed by atoms with Crippen LogP contribution in [0.25, 0.3) is 0 Å². The summed E-state index contributed by atoms with van der Waals surface area (Å²) >= 11 is 0. The molecule has 2 rings (SSSR count). The van der Waals surface area contributed by atoms with Crippen LogP contribution in [0.3, 0.4) is 0 Å². The summed E-state index contributed by atoms with van der Waals surface area (Å²) in [6.45, 7) is 0.370. The molecule has 0 atom stereocenters. The Morgan fingerprint density at radius 2 is 2.14 bits per heavy atom. The van der Waals surface area contributed by atoms with Gasteiger partial charge in [0.2, 0.25) is 15.9 Å². The lowest BCUT2D eigenvalue weighted by atomic mass is 10.3. The first-order chi connectivity index (χ1) is 10.0. The van der Waals surface area contributed by atoms with Crippen LogP contribution < -0.4 is 15.4 Å². The maximum Gasteiger partial charge on any atom is 0.240 e. The predicted octanol–water partition coefficient (Wildman–Crippen LogP) is 0.289. The van der Waals surface area contributed by atoms with Gasteiger partial charge < -0.3 is 5.32 Å². The fraction of sp³-hybridized carbons (Fsp3) is 0.357. The quantitative estimate of drug-likeness (QED) is 0.499. The van der Waals surface area contributed by atoms with Crippen LogP contribution in [0, 0.1) is 12.3 Å². The van der Waals surface area contributed by atoms with Crippen molar-refractivity contribution in [1.29, 1.82) is 0 Å². The highest BCUT2D eigenvalue weighted by molar-refractivity contribution is 7.89. The maximum atomic E-state index is 12.1. The molecule has 0 saturated heterocycles. The number of hydrogen-bond acceptors (Lipinski definition) is 4. The number of benzene rings is 1. The Kier molecular flexibility index (Phi) is 4.96. The first kappa shape index (κ1) is 15.5. The third-order valence-corrected chi connectivity index (χ3v) is 4.36. The first-order valence-electron chi connectivity index (χ1n) is 6.58. The molecule has 0 aliphatic heterocycles. The highest BCUT2D eigenvalue weighted by atomic mass is 32.2. The molecule has 1 aliphatic carbocycles. The van der Waals surface area contributed by atoms with Crippen LogP contribution in [-0.4, -0.2) is 33.5 Å². The molecule has 1 saturated carbocycles.